The summed E-state index contributed by atoms with van der Waals surface area (Å²) < 4.78 is 26.8. The Morgan fingerprint density at radius 2 is 2.07 bits per heavy atom. The number of benzene rings is 1. The molecule has 1 N–H and O–H groups in total. The fraction of sp³-hybridized carbons (Fsp3) is 0.125. The number of hydrogen-bond donors (Lipinski definition) is 1. The molecule has 1 aromatic rings. The van der Waals surface area contributed by atoms with Gasteiger partial charge in [-0.2, -0.15) is 0 Å². The van der Waals surface area contributed by atoms with Crippen LogP contribution in [0.2, 0.25) is 0 Å². The first-order valence-electron chi connectivity index (χ1n) is 3.77. The lowest BCUT2D eigenvalue weighted by Crippen LogP contribution is -2.27. The van der Waals surface area contributed by atoms with E-state index in [0.717, 1.165) is 0 Å². The third-order valence-electron chi connectivity index (χ3n) is 1.31. The summed E-state index contributed by atoms with van der Waals surface area (Å²) in [5.41, 5.74) is 0. The molecule has 0 radical (unpaired) electrons. The monoisotopic (exact) mass is 214 g/mol. The summed E-state index contributed by atoms with van der Waals surface area (Å²) in [7, 11) is 0. The van der Waals surface area contributed by atoms with Crippen LogP contribution in [0.15, 0.2) is 30.3 Å². The van der Waals surface area contributed by atoms with Crippen LogP contribution < -0.4 is 9.46 Å². The summed E-state index contributed by atoms with van der Waals surface area (Å²) in [4.78, 5) is 11.0. The molecule has 0 bridgehead atoms. The van der Waals surface area contributed by atoms with Crippen molar-refractivity contribution in [2.45, 2.75) is 0 Å². The van der Waals surface area contributed by atoms with E-state index in [2.05, 4.69) is 0 Å². The van der Waals surface area contributed by atoms with Crippen LogP contribution in [-0.2, 0) is 16.1 Å². The Morgan fingerprint density at radius 1 is 1.43 bits per heavy atom. The summed E-state index contributed by atoms with van der Waals surface area (Å²) in [5.74, 6) is -0.267. The normalized spacial score (nSPS) is 12.1. The fourth-order valence-corrected chi connectivity index (χ4v) is 1.01. The van der Waals surface area contributed by atoms with Crippen molar-refractivity contribution in [1.82, 2.24) is 4.72 Å². The largest absolute Gasteiger partial charge is 0.760 e. The Labute approximate surface area is 83.5 Å². The molecular formula is C8H8NO4S-. The van der Waals surface area contributed by atoms with Crippen LogP contribution >= 0.6 is 0 Å². The number of nitrogens with one attached hydrogen (secondary N) is 1. The first-order chi connectivity index (χ1) is 6.68. The lowest BCUT2D eigenvalue weighted by Gasteiger charge is -2.06. The van der Waals surface area contributed by atoms with Gasteiger partial charge < -0.3 is 9.29 Å². The quantitative estimate of drug-likeness (QED) is 0.434. The number of ether oxygens (including phenoxy) is 1. The van der Waals surface area contributed by atoms with Crippen LogP contribution in [0.25, 0.3) is 0 Å². The van der Waals surface area contributed by atoms with Crippen molar-refractivity contribution in [3.63, 3.8) is 0 Å². The van der Waals surface area contributed by atoms with Gasteiger partial charge in [-0.25, -0.2) is 4.72 Å². The van der Waals surface area contributed by atoms with Gasteiger partial charge >= 0.3 is 5.97 Å². The van der Waals surface area contributed by atoms with Crippen LogP contribution in [-0.4, -0.2) is 21.3 Å². The third kappa shape index (κ3) is 4.13. The topological polar surface area (TPSA) is 78.5 Å². The lowest BCUT2D eigenvalue weighted by atomic mass is 10.3. The molecule has 76 valence electrons. The Hall–Kier alpha value is -1.24. The van der Waals surface area contributed by atoms with Gasteiger partial charge in [0.1, 0.15) is 12.3 Å². The first-order valence-corrected chi connectivity index (χ1v) is 4.84. The third-order valence-corrected chi connectivity index (χ3v) is 1.69. The molecule has 1 aromatic carbocycles. The minimum atomic E-state index is -2.44. The highest BCUT2D eigenvalue weighted by molar-refractivity contribution is 7.77. The summed E-state index contributed by atoms with van der Waals surface area (Å²) in [6, 6.07) is 8.41. The Bertz CT molecular complexity index is 327. The zero-order valence-corrected chi connectivity index (χ0v) is 7.95. The van der Waals surface area contributed by atoms with Crippen molar-refractivity contribution in [1.29, 1.82) is 0 Å². The number of hydrogen-bond acceptors (Lipinski definition) is 4. The summed E-state index contributed by atoms with van der Waals surface area (Å²) in [6.45, 7) is -0.370. The maximum Gasteiger partial charge on any atom is 0.326 e. The van der Waals surface area contributed by atoms with Crippen LogP contribution in [0.5, 0.6) is 5.75 Å². The number of esters is 1. The van der Waals surface area contributed by atoms with Gasteiger partial charge in [-0.3, -0.25) is 9.00 Å². The van der Waals surface area contributed by atoms with Gasteiger partial charge in [0.15, 0.2) is 0 Å². The van der Waals surface area contributed by atoms with E-state index in [1.807, 2.05) is 4.72 Å². The SMILES string of the molecule is O=C(CNS(=O)[O-])Oc1ccccc1. The molecule has 5 nitrogen and oxygen atoms in total. The van der Waals surface area contributed by atoms with Crippen molar-refractivity contribution in [2.75, 3.05) is 6.54 Å². The van der Waals surface area contributed by atoms with Gasteiger partial charge in [0.2, 0.25) is 0 Å². The average Bonchev–Trinajstić information content (AvgIpc) is 2.16. The van der Waals surface area contributed by atoms with Crippen LogP contribution in [0.4, 0.5) is 0 Å². The van der Waals surface area contributed by atoms with E-state index in [1.54, 1.807) is 30.3 Å². The number of carbonyl (C=O) groups is 1. The average molecular weight is 214 g/mol. The standard InChI is InChI=1S/C8H9NO4S/c10-8(6-9-14(11)12)13-7-4-2-1-3-5-7/h1-5,9H,6H2,(H,11,12)/p-1. The Kier molecular flexibility index (Phi) is 4.24. The highest BCUT2D eigenvalue weighted by Crippen LogP contribution is 2.07. The molecule has 1 rings (SSSR count). The van der Waals surface area contributed by atoms with E-state index < -0.39 is 17.2 Å². The minimum absolute atomic E-state index is 0.370. The van der Waals surface area contributed by atoms with Crippen molar-refractivity contribution in [3.8, 4) is 5.75 Å². The van der Waals surface area contributed by atoms with Crippen molar-refractivity contribution >= 4 is 17.2 Å². The van der Waals surface area contributed by atoms with E-state index in [-0.39, 0.29) is 6.54 Å². The molecule has 14 heavy (non-hydrogen) atoms. The van der Waals surface area contributed by atoms with Gasteiger partial charge in [-0.1, -0.05) is 18.2 Å². The molecule has 0 saturated heterocycles. The van der Waals surface area contributed by atoms with E-state index in [9.17, 15) is 13.6 Å². The van der Waals surface area contributed by atoms with Crippen LogP contribution in [0, 0.1) is 0 Å². The maximum atomic E-state index is 11.0. The number of para-hydroxylation sites is 1. The molecule has 0 aromatic heterocycles. The van der Waals surface area contributed by atoms with Gasteiger partial charge in [-0.15, -0.1) is 0 Å². The molecule has 0 fully saturated rings. The molecule has 0 aliphatic rings. The molecule has 0 aliphatic carbocycles. The molecule has 0 aliphatic heterocycles. The van der Waals surface area contributed by atoms with E-state index in [0.29, 0.717) is 5.75 Å². The zero-order valence-electron chi connectivity index (χ0n) is 7.14. The predicted octanol–water partition coefficient (Wildman–Crippen LogP) is -0.0243. The smallest absolute Gasteiger partial charge is 0.326 e. The summed E-state index contributed by atoms with van der Waals surface area (Å²) >= 11 is -2.44. The second-order valence-electron chi connectivity index (χ2n) is 2.34. The second-order valence-corrected chi connectivity index (χ2v) is 3.10. The maximum absolute atomic E-state index is 11.0. The van der Waals surface area contributed by atoms with E-state index >= 15 is 0 Å². The van der Waals surface area contributed by atoms with E-state index in [1.165, 1.54) is 0 Å². The van der Waals surface area contributed by atoms with Crippen LogP contribution in [0.3, 0.4) is 0 Å². The predicted molar refractivity (Wildman–Crippen MR) is 49.0 cm³/mol. The highest BCUT2D eigenvalue weighted by Gasteiger charge is 2.02. The van der Waals surface area contributed by atoms with Crippen molar-refractivity contribution in [3.05, 3.63) is 30.3 Å². The molecule has 1 atom stereocenters. The van der Waals surface area contributed by atoms with Gasteiger partial charge in [0, 0.05) is 11.3 Å². The summed E-state index contributed by atoms with van der Waals surface area (Å²) in [6.07, 6.45) is 0. The minimum Gasteiger partial charge on any atom is -0.760 e. The number of carbonyl (C=O) groups excluding carboxylic acids is 1. The first kappa shape index (κ1) is 10.8. The summed E-state index contributed by atoms with van der Waals surface area (Å²) in [5, 5.41) is 0. The molecule has 0 spiro atoms. The molecular weight excluding hydrogens is 206 g/mol. The van der Waals surface area contributed by atoms with Crippen molar-refractivity contribution in [2.24, 2.45) is 0 Å². The molecule has 1 unspecified atom stereocenters. The van der Waals surface area contributed by atoms with E-state index in [4.69, 9.17) is 4.74 Å². The Morgan fingerprint density at radius 3 is 2.64 bits per heavy atom. The zero-order chi connectivity index (χ0) is 10.4. The molecule has 0 amide bonds. The van der Waals surface area contributed by atoms with Crippen molar-refractivity contribution < 1.29 is 18.3 Å². The Balaban J connectivity index is 2.38. The molecule has 6 heteroatoms. The number of rotatable bonds is 4. The molecule has 0 heterocycles. The van der Waals surface area contributed by atoms with Gasteiger partial charge in [-0.05, 0) is 12.1 Å². The molecule has 0 saturated carbocycles. The van der Waals surface area contributed by atoms with Gasteiger partial charge in [0.25, 0.3) is 0 Å². The van der Waals surface area contributed by atoms with Gasteiger partial charge in [0.05, 0.1) is 0 Å². The highest BCUT2D eigenvalue weighted by atomic mass is 32.2. The van der Waals surface area contributed by atoms with Crippen LogP contribution in [0.1, 0.15) is 0 Å². The lowest BCUT2D eigenvalue weighted by molar-refractivity contribution is -0.133. The fourth-order valence-electron chi connectivity index (χ4n) is 0.774. The second kappa shape index (κ2) is 5.48.